The van der Waals surface area contributed by atoms with Crippen LogP contribution >= 0.6 is 11.8 Å². The molecule has 0 aliphatic carbocycles. The number of nitrogens with zero attached hydrogens (tertiary/aromatic N) is 1. The van der Waals surface area contributed by atoms with Crippen molar-refractivity contribution in [2.45, 2.75) is 0 Å². The Morgan fingerprint density at radius 1 is 1.03 bits per heavy atom. The van der Waals surface area contributed by atoms with Crippen LogP contribution < -0.4 is 5.32 Å². The summed E-state index contributed by atoms with van der Waals surface area (Å²) in [5.41, 5.74) is 1.21. The van der Waals surface area contributed by atoms with E-state index in [4.69, 9.17) is 0 Å². The van der Waals surface area contributed by atoms with Crippen LogP contribution in [-0.4, -0.2) is 33.6 Å². The Morgan fingerprint density at radius 3 is 2.62 bits per heavy atom. The summed E-state index contributed by atoms with van der Waals surface area (Å²) < 4.78 is 0. The van der Waals surface area contributed by atoms with Gasteiger partial charge in [-0.15, -0.1) is 0 Å². The Hall–Kier alpha value is -3.58. The van der Waals surface area contributed by atoms with Gasteiger partial charge in [0.1, 0.15) is 12.3 Å². The minimum Gasteiger partial charge on any atom is -0.508 e. The zero-order valence-corrected chi connectivity index (χ0v) is 16.0. The van der Waals surface area contributed by atoms with Crippen molar-refractivity contribution >= 4 is 51.4 Å². The van der Waals surface area contributed by atoms with Crippen molar-refractivity contribution in [1.29, 1.82) is 0 Å². The maximum absolute atomic E-state index is 12.6. The van der Waals surface area contributed by atoms with E-state index in [1.807, 2.05) is 36.4 Å². The standard InChI is InChI=1S/C22H16N2O4S/c25-16-8-3-5-14(11-16)12-19-21(27)24(22(28)29-19)13-20(26)23-18-10-4-7-15-6-1-2-9-17(15)18/h1-12,25H,13H2,(H,23,26)/b19-12+. The number of amides is 3. The fourth-order valence-corrected chi connectivity index (χ4v) is 3.91. The van der Waals surface area contributed by atoms with E-state index in [1.165, 1.54) is 18.2 Å². The molecule has 29 heavy (non-hydrogen) atoms. The molecule has 1 fully saturated rings. The van der Waals surface area contributed by atoms with Crippen LogP contribution in [0.15, 0.2) is 71.6 Å². The second kappa shape index (κ2) is 7.81. The molecule has 6 nitrogen and oxygen atoms in total. The van der Waals surface area contributed by atoms with Crippen molar-refractivity contribution in [1.82, 2.24) is 4.90 Å². The summed E-state index contributed by atoms with van der Waals surface area (Å²) in [5.74, 6) is -0.925. The third-order valence-corrected chi connectivity index (χ3v) is 5.31. The molecule has 0 saturated carbocycles. The molecule has 1 heterocycles. The van der Waals surface area contributed by atoms with E-state index >= 15 is 0 Å². The van der Waals surface area contributed by atoms with Gasteiger partial charge in [-0.3, -0.25) is 19.3 Å². The number of fused-ring (bicyclic) bond motifs is 1. The highest BCUT2D eigenvalue weighted by Gasteiger charge is 2.36. The second-order valence-corrected chi connectivity index (χ2v) is 7.43. The van der Waals surface area contributed by atoms with E-state index in [2.05, 4.69) is 5.32 Å². The van der Waals surface area contributed by atoms with Gasteiger partial charge < -0.3 is 10.4 Å². The average Bonchev–Trinajstić information content (AvgIpc) is 2.96. The molecule has 2 N–H and O–H groups in total. The van der Waals surface area contributed by atoms with Crippen molar-refractivity contribution in [3.05, 3.63) is 77.2 Å². The lowest BCUT2D eigenvalue weighted by Gasteiger charge is -2.13. The monoisotopic (exact) mass is 404 g/mol. The summed E-state index contributed by atoms with van der Waals surface area (Å²) in [6, 6.07) is 19.5. The van der Waals surface area contributed by atoms with Crippen LogP contribution in [0.1, 0.15) is 5.56 Å². The first kappa shape index (κ1) is 18.8. The SMILES string of the molecule is O=C(CN1C(=O)S/C(=C/c2cccc(O)c2)C1=O)Nc1cccc2ccccc12. The molecule has 0 bridgehead atoms. The van der Waals surface area contributed by atoms with E-state index in [0.29, 0.717) is 11.3 Å². The lowest BCUT2D eigenvalue weighted by molar-refractivity contribution is -0.127. The lowest BCUT2D eigenvalue weighted by atomic mass is 10.1. The summed E-state index contributed by atoms with van der Waals surface area (Å²) in [6.45, 7) is -0.370. The summed E-state index contributed by atoms with van der Waals surface area (Å²) >= 11 is 0.770. The molecule has 4 rings (SSSR count). The van der Waals surface area contributed by atoms with Crippen molar-refractivity contribution in [2.24, 2.45) is 0 Å². The first-order valence-corrected chi connectivity index (χ1v) is 9.65. The molecule has 3 aromatic carbocycles. The van der Waals surface area contributed by atoms with E-state index in [0.717, 1.165) is 27.4 Å². The van der Waals surface area contributed by atoms with Gasteiger partial charge in [-0.2, -0.15) is 0 Å². The van der Waals surface area contributed by atoms with Crippen molar-refractivity contribution < 1.29 is 19.5 Å². The Morgan fingerprint density at radius 2 is 1.79 bits per heavy atom. The van der Waals surface area contributed by atoms with Crippen molar-refractivity contribution in [3.63, 3.8) is 0 Å². The third kappa shape index (κ3) is 4.00. The number of carbonyl (C=O) groups excluding carboxylic acids is 3. The van der Waals surface area contributed by atoms with Gasteiger partial charge in [0.2, 0.25) is 5.91 Å². The molecular formula is C22H16N2O4S. The minimum absolute atomic E-state index is 0.0624. The molecule has 0 radical (unpaired) electrons. The first-order valence-electron chi connectivity index (χ1n) is 8.83. The molecule has 0 aromatic heterocycles. The van der Waals surface area contributed by atoms with Gasteiger partial charge in [0.05, 0.1) is 4.91 Å². The third-order valence-electron chi connectivity index (χ3n) is 4.41. The smallest absolute Gasteiger partial charge is 0.294 e. The van der Waals surface area contributed by atoms with Crippen LogP contribution in [-0.2, 0) is 9.59 Å². The molecule has 1 saturated heterocycles. The molecule has 0 atom stereocenters. The summed E-state index contributed by atoms with van der Waals surface area (Å²) in [7, 11) is 0. The van der Waals surface area contributed by atoms with Gasteiger partial charge in [0.15, 0.2) is 0 Å². The van der Waals surface area contributed by atoms with Crippen LogP contribution in [0.3, 0.4) is 0 Å². The average molecular weight is 404 g/mol. The molecule has 1 aliphatic heterocycles. The summed E-state index contributed by atoms with van der Waals surface area (Å²) in [4.78, 5) is 38.4. The van der Waals surface area contributed by atoms with E-state index < -0.39 is 17.1 Å². The van der Waals surface area contributed by atoms with Crippen LogP contribution in [0.5, 0.6) is 5.75 Å². The minimum atomic E-state index is -0.531. The molecule has 7 heteroatoms. The highest BCUT2D eigenvalue weighted by atomic mass is 32.2. The number of carbonyl (C=O) groups is 3. The predicted octanol–water partition coefficient (Wildman–Crippen LogP) is 4.22. The van der Waals surface area contributed by atoms with Crippen molar-refractivity contribution in [3.8, 4) is 5.75 Å². The van der Waals surface area contributed by atoms with Crippen molar-refractivity contribution in [2.75, 3.05) is 11.9 Å². The Kier molecular flexibility index (Phi) is 5.05. The number of aromatic hydroxyl groups is 1. The maximum atomic E-state index is 12.6. The first-order chi connectivity index (χ1) is 14.0. The lowest BCUT2D eigenvalue weighted by Crippen LogP contribution is -2.36. The fraction of sp³-hybridized carbons (Fsp3) is 0.0455. The zero-order valence-electron chi connectivity index (χ0n) is 15.2. The van der Waals surface area contributed by atoms with Crippen LogP contribution in [0, 0.1) is 0 Å². The molecule has 3 amide bonds. The number of hydrogen-bond acceptors (Lipinski definition) is 5. The number of phenolic OH excluding ortho intramolecular Hbond substituents is 1. The molecular weight excluding hydrogens is 388 g/mol. The topological polar surface area (TPSA) is 86.7 Å². The normalized spacial score (nSPS) is 15.3. The molecule has 3 aromatic rings. The Labute approximate surface area is 170 Å². The van der Waals surface area contributed by atoms with E-state index in [1.54, 1.807) is 18.2 Å². The fourth-order valence-electron chi connectivity index (χ4n) is 3.07. The molecule has 1 aliphatic rings. The number of benzene rings is 3. The van der Waals surface area contributed by atoms with E-state index in [-0.39, 0.29) is 17.2 Å². The molecule has 0 unspecified atom stereocenters. The van der Waals surface area contributed by atoms with E-state index in [9.17, 15) is 19.5 Å². The van der Waals surface area contributed by atoms with Crippen LogP contribution in [0.25, 0.3) is 16.8 Å². The highest BCUT2D eigenvalue weighted by Crippen LogP contribution is 2.32. The van der Waals surface area contributed by atoms with Crippen LogP contribution in [0.4, 0.5) is 10.5 Å². The molecule has 0 spiro atoms. The highest BCUT2D eigenvalue weighted by molar-refractivity contribution is 8.18. The summed E-state index contributed by atoms with van der Waals surface area (Å²) in [6.07, 6.45) is 1.52. The zero-order chi connectivity index (χ0) is 20.4. The van der Waals surface area contributed by atoms with Crippen LogP contribution in [0.2, 0.25) is 0 Å². The largest absolute Gasteiger partial charge is 0.508 e. The van der Waals surface area contributed by atoms with Gasteiger partial charge in [-0.25, -0.2) is 0 Å². The maximum Gasteiger partial charge on any atom is 0.294 e. The van der Waals surface area contributed by atoms with Gasteiger partial charge in [-0.1, -0.05) is 48.5 Å². The Balaban J connectivity index is 1.49. The summed E-state index contributed by atoms with van der Waals surface area (Å²) in [5, 5.41) is 13.7. The number of nitrogens with one attached hydrogen (secondary N) is 1. The van der Waals surface area contributed by atoms with Gasteiger partial charge in [0.25, 0.3) is 11.1 Å². The predicted molar refractivity (Wildman–Crippen MR) is 113 cm³/mol. The quantitative estimate of drug-likeness (QED) is 0.636. The number of imide groups is 1. The number of hydrogen-bond donors (Lipinski definition) is 2. The number of rotatable bonds is 4. The van der Waals surface area contributed by atoms with Gasteiger partial charge in [-0.05, 0) is 47.0 Å². The number of anilines is 1. The number of phenols is 1. The number of thioether (sulfide) groups is 1. The second-order valence-electron chi connectivity index (χ2n) is 6.44. The Bertz CT molecular complexity index is 1170. The molecule has 144 valence electrons. The van der Waals surface area contributed by atoms with Gasteiger partial charge in [0, 0.05) is 11.1 Å². The van der Waals surface area contributed by atoms with Gasteiger partial charge >= 0.3 is 0 Å².